The van der Waals surface area contributed by atoms with E-state index in [2.05, 4.69) is 63.7 Å². The second kappa shape index (κ2) is 16.1. The lowest BCUT2D eigenvalue weighted by molar-refractivity contribution is -0.00759. The molecule has 1 aromatic carbocycles. The molecule has 3 heterocycles. The summed E-state index contributed by atoms with van der Waals surface area (Å²) >= 11 is 0. The van der Waals surface area contributed by atoms with Gasteiger partial charge in [0.25, 0.3) is 5.91 Å². The van der Waals surface area contributed by atoms with Crippen LogP contribution in [0.15, 0.2) is 112 Å². The van der Waals surface area contributed by atoms with E-state index in [-0.39, 0.29) is 36.4 Å². The van der Waals surface area contributed by atoms with Gasteiger partial charge in [-0.1, -0.05) is 91.9 Å². The van der Waals surface area contributed by atoms with Crippen molar-refractivity contribution in [2.45, 2.75) is 77.6 Å². The predicted octanol–water partition coefficient (Wildman–Crippen LogP) is 7.88. The summed E-state index contributed by atoms with van der Waals surface area (Å²) in [6.45, 7) is 8.08. The summed E-state index contributed by atoms with van der Waals surface area (Å²) in [7, 11) is 2.02. The first-order chi connectivity index (χ1) is 24.4. The molecule has 51 heavy (non-hydrogen) atoms. The number of Topliss-reactive ketones (excluding diaryl/α,β-unsaturated/α-hetero) is 1. The summed E-state index contributed by atoms with van der Waals surface area (Å²) < 4.78 is 27.6. The number of benzene rings is 1. The molecule has 0 radical (unpaired) electrons. The van der Waals surface area contributed by atoms with Crippen LogP contribution in [-0.2, 0) is 0 Å². The van der Waals surface area contributed by atoms with Crippen molar-refractivity contribution in [2.75, 3.05) is 13.6 Å². The first kappa shape index (κ1) is 37.6. The molecular formula is C40H48F2N6O3. The molecule has 0 bridgehead atoms. The molecule has 270 valence electrons. The number of carbonyl (C=O) groups is 2. The summed E-state index contributed by atoms with van der Waals surface area (Å²) in [4.78, 5) is 43.1. The molecule has 1 saturated carbocycles. The van der Waals surface area contributed by atoms with Crippen LogP contribution < -0.4 is 5.32 Å². The second-order valence-electron chi connectivity index (χ2n) is 14.3. The van der Waals surface area contributed by atoms with E-state index in [0.29, 0.717) is 17.0 Å². The van der Waals surface area contributed by atoms with Crippen LogP contribution in [0, 0.1) is 28.1 Å². The van der Waals surface area contributed by atoms with Gasteiger partial charge in [0.2, 0.25) is 6.43 Å². The molecule has 2 aliphatic carbocycles. The number of aliphatic imine (C=N–C) groups is 2. The zero-order chi connectivity index (χ0) is 36.8. The Balaban J connectivity index is 0.000000351. The Morgan fingerprint density at radius 3 is 2.59 bits per heavy atom. The summed E-state index contributed by atoms with van der Waals surface area (Å²) in [5.41, 5.74) is 0.838. The van der Waals surface area contributed by atoms with Crippen LogP contribution in [0.25, 0.3) is 0 Å². The Morgan fingerprint density at radius 1 is 1.16 bits per heavy atom. The van der Waals surface area contributed by atoms with Gasteiger partial charge in [-0.25, -0.2) is 18.8 Å². The van der Waals surface area contributed by atoms with Gasteiger partial charge in [-0.05, 0) is 63.2 Å². The van der Waals surface area contributed by atoms with E-state index in [1.807, 2.05) is 57.6 Å². The third-order valence-corrected chi connectivity index (χ3v) is 10.2. The fraction of sp³-hybridized carbons (Fsp3) is 0.450. The van der Waals surface area contributed by atoms with E-state index < -0.39 is 23.3 Å². The lowest BCUT2D eigenvalue weighted by atomic mass is 9.69. The highest BCUT2D eigenvalue weighted by Crippen LogP contribution is 2.43. The Labute approximate surface area is 299 Å². The first-order valence-electron chi connectivity index (χ1n) is 17.6. The molecule has 1 N–H and O–H groups in total. The summed E-state index contributed by atoms with van der Waals surface area (Å²) in [5.74, 6) is 0.0716. The summed E-state index contributed by atoms with van der Waals surface area (Å²) in [6.07, 6.45) is 23.8. The van der Waals surface area contributed by atoms with E-state index in [1.54, 1.807) is 36.4 Å². The number of nitrogens with one attached hydrogen (secondary N) is 1. The number of allylic oxidation sites excluding steroid dienone is 9. The largest absolute Gasteiger partial charge is 0.345 e. The predicted molar refractivity (Wildman–Crippen MR) is 199 cm³/mol. The van der Waals surface area contributed by atoms with Crippen molar-refractivity contribution in [3.8, 4) is 0 Å². The van der Waals surface area contributed by atoms with E-state index in [1.165, 1.54) is 0 Å². The molecule has 6 rings (SSSR count). The van der Waals surface area contributed by atoms with Gasteiger partial charge in [-0.2, -0.15) is 4.91 Å². The third kappa shape index (κ3) is 8.64. The minimum atomic E-state index is -2.45. The normalized spacial score (nSPS) is 31.8. The number of nitroso groups, excluding NO2 is 1. The number of hydrogen-bond acceptors (Lipinski definition) is 8. The van der Waals surface area contributed by atoms with Crippen molar-refractivity contribution in [3.63, 3.8) is 0 Å². The highest BCUT2D eigenvalue weighted by molar-refractivity contribution is 6.13. The number of carbonyl (C=O) groups excluding carboxylic acids is 2. The van der Waals surface area contributed by atoms with Crippen molar-refractivity contribution >= 4 is 24.1 Å². The fourth-order valence-corrected chi connectivity index (χ4v) is 7.16. The second-order valence-corrected chi connectivity index (χ2v) is 14.3. The SMILES string of the molecule is CC/C=C(\C=C/CC1CC(C)(N=O)C1)/C=N/C1C(/C=C/C2(C)C=CC=CC2C(F)F)C=NC2=CC(C)N(C)N21.O=C1CNC(=O)c2ccccc21. The van der Waals surface area contributed by atoms with Crippen molar-refractivity contribution in [1.82, 2.24) is 15.3 Å². The number of likely N-dealkylation sites (N-methyl/N-ethyl adjacent to an activating group) is 1. The van der Waals surface area contributed by atoms with E-state index in [9.17, 15) is 23.3 Å². The van der Waals surface area contributed by atoms with Crippen molar-refractivity contribution in [1.29, 1.82) is 0 Å². The number of hydrogen-bond donors (Lipinski definition) is 1. The molecule has 0 aromatic heterocycles. The first-order valence-corrected chi connectivity index (χ1v) is 17.6. The standard InChI is InChI=1S/C31H41F2N5O.C9H7NO2/c1-6-10-23(11-9-12-24-18-31(4,19-24)36-39)20-35-29-25(21-34-27-17-22(2)37(5)38(27)29)14-16-30(3)15-8-7-13-26(30)28(32)33;11-8-5-10-9(12)7-4-2-1-3-6(7)8/h7-11,13-17,20-22,24-26,28-29H,6,12,18-19H2,1-5H3;1-4H,5H2,(H,10,12)/b11-9-,16-14+,23-10+,35-20+;. The number of ketones is 1. The molecule has 1 amide bonds. The molecular weight excluding hydrogens is 650 g/mol. The Hall–Kier alpha value is -4.64. The van der Waals surface area contributed by atoms with Crippen LogP contribution in [-0.4, -0.2) is 71.9 Å². The Morgan fingerprint density at radius 2 is 1.90 bits per heavy atom. The van der Waals surface area contributed by atoms with Gasteiger partial charge in [-0.3, -0.25) is 19.6 Å². The van der Waals surface area contributed by atoms with Gasteiger partial charge in [0.1, 0.15) is 17.5 Å². The highest BCUT2D eigenvalue weighted by Gasteiger charge is 2.41. The summed E-state index contributed by atoms with van der Waals surface area (Å²) in [5, 5.41) is 9.97. The van der Waals surface area contributed by atoms with E-state index >= 15 is 0 Å². The van der Waals surface area contributed by atoms with Gasteiger partial charge in [0.05, 0.1) is 23.9 Å². The van der Waals surface area contributed by atoms with Crippen molar-refractivity contribution in [2.24, 2.45) is 38.3 Å². The van der Waals surface area contributed by atoms with Crippen molar-refractivity contribution in [3.05, 3.63) is 112 Å². The minimum absolute atomic E-state index is 0.0230. The molecule has 5 atom stereocenters. The van der Waals surface area contributed by atoms with Crippen LogP contribution in [0.5, 0.6) is 0 Å². The number of nitrogens with zero attached hydrogens (tertiary/aromatic N) is 5. The van der Waals surface area contributed by atoms with Gasteiger partial charge >= 0.3 is 0 Å². The molecule has 11 heteroatoms. The maximum absolute atomic E-state index is 13.8. The van der Waals surface area contributed by atoms with E-state index in [4.69, 9.17) is 4.99 Å². The Kier molecular flexibility index (Phi) is 11.9. The monoisotopic (exact) mass is 698 g/mol. The van der Waals surface area contributed by atoms with Crippen LogP contribution in [0.3, 0.4) is 0 Å². The van der Waals surface area contributed by atoms with E-state index in [0.717, 1.165) is 37.1 Å². The molecule has 9 nitrogen and oxygen atoms in total. The number of rotatable bonds is 10. The lowest BCUT2D eigenvalue weighted by Crippen LogP contribution is -2.49. The number of halogens is 2. The number of fused-ring (bicyclic) bond motifs is 2. The number of alkyl halides is 2. The number of amides is 1. The molecule has 0 spiro atoms. The van der Waals surface area contributed by atoms with Crippen LogP contribution in [0.1, 0.15) is 74.1 Å². The highest BCUT2D eigenvalue weighted by atomic mass is 19.3. The zero-order valence-electron chi connectivity index (χ0n) is 30.0. The van der Waals surface area contributed by atoms with Crippen LogP contribution in [0.2, 0.25) is 0 Å². The van der Waals surface area contributed by atoms with Crippen LogP contribution >= 0.6 is 0 Å². The average molecular weight is 699 g/mol. The molecule has 3 aliphatic heterocycles. The van der Waals surface area contributed by atoms with Gasteiger partial charge in [-0.15, -0.1) is 0 Å². The minimum Gasteiger partial charge on any atom is -0.345 e. The lowest BCUT2D eigenvalue weighted by Gasteiger charge is -2.40. The van der Waals surface area contributed by atoms with Crippen molar-refractivity contribution < 1.29 is 18.4 Å². The smallest absolute Gasteiger partial charge is 0.252 e. The zero-order valence-corrected chi connectivity index (χ0v) is 30.0. The van der Waals surface area contributed by atoms with Gasteiger partial charge < -0.3 is 5.32 Å². The molecule has 5 aliphatic rings. The maximum Gasteiger partial charge on any atom is 0.252 e. The maximum atomic E-state index is 13.8. The van der Waals surface area contributed by atoms with Gasteiger partial charge in [0, 0.05) is 36.5 Å². The molecule has 1 fully saturated rings. The van der Waals surface area contributed by atoms with Gasteiger partial charge in [0.15, 0.2) is 5.78 Å². The number of hydrazine groups is 1. The fourth-order valence-electron chi connectivity index (χ4n) is 7.16. The third-order valence-electron chi connectivity index (χ3n) is 10.2. The molecule has 1 aromatic rings. The van der Waals surface area contributed by atoms with Crippen LogP contribution in [0.4, 0.5) is 8.78 Å². The average Bonchev–Trinajstić information content (AvgIpc) is 3.40. The Bertz CT molecular complexity index is 1680. The molecule has 5 unspecified atom stereocenters. The topological polar surface area (TPSA) is 107 Å². The summed E-state index contributed by atoms with van der Waals surface area (Å²) in [6, 6.07) is 7.01. The quantitative estimate of drug-likeness (QED) is 0.116. The molecule has 0 saturated heterocycles.